The fourth-order valence-corrected chi connectivity index (χ4v) is 2.76. The number of carboxylic acid groups (broad SMARTS) is 1. The molecule has 0 amide bonds. The maximum absolute atomic E-state index is 12.3. The number of fused-ring (bicyclic) bond motifs is 1. The van der Waals surface area contributed by atoms with E-state index in [4.69, 9.17) is 0 Å². The molecule has 0 saturated heterocycles. The quantitative estimate of drug-likeness (QED) is 0.908. The summed E-state index contributed by atoms with van der Waals surface area (Å²) in [4.78, 5) is 25.9. The molecule has 0 saturated carbocycles. The van der Waals surface area contributed by atoms with Gasteiger partial charge in [-0.25, -0.2) is 4.79 Å². The second-order valence-electron chi connectivity index (χ2n) is 5.76. The number of aromatic nitrogens is 1. The van der Waals surface area contributed by atoms with Crippen molar-refractivity contribution in [3.63, 3.8) is 0 Å². The highest BCUT2D eigenvalue weighted by atomic mass is 16.4. The van der Waals surface area contributed by atoms with Crippen LogP contribution >= 0.6 is 0 Å². The molecule has 0 radical (unpaired) electrons. The van der Waals surface area contributed by atoms with Gasteiger partial charge in [-0.3, -0.25) is 9.69 Å². The van der Waals surface area contributed by atoms with Gasteiger partial charge in [-0.2, -0.15) is 0 Å². The lowest BCUT2D eigenvalue weighted by Gasteiger charge is -2.30. The zero-order valence-electron chi connectivity index (χ0n) is 12.3. The van der Waals surface area contributed by atoms with Crippen LogP contribution in [0.25, 0.3) is 0 Å². The smallest absolute Gasteiger partial charge is 0.341 e. The van der Waals surface area contributed by atoms with Gasteiger partial charge in [0.25, 0.3) is 5.56 Å². The number of nitrogens with zero attached hydrogens (tertiary/aromatic N) is 2. The van der Waals surface area contributed by atoms with E-state index in [1.54, 1.807) is 10.6 Å². The SMILES string of the molecule is CCN1CCc2c(cc(C(=O)O)c(=O)n2CC(C)C)C1. The largest absolute Gasteiger partial charge is 0.477 e. The highest BCUT2D eigenvalue weighted by Gasteiger charge is 2.23. The molecule has 0 spiro atoms. The molecule has 110 valence electrons. The Morgan fingerprint density at radius 3 is 2.70 bits per heavy atom. The number of pyridine rings is 1. The third kappa shape index (κ3) is 2.77. The molecule has 0 aromatic carbocycles. The van der Waals surface area contributed by atoms with Gasteiger partial charge in [0.05, 0.1) is 0 Å². The Morgan fingerprint density at radius 1 is 1.45 bits per heavy atom. The molecule has 0 fully saturated rings. The summed E-state index contributed by atoms with van der Waals surface area (Å²) in [5.41, 5.74) is 1.52. The van der Waals surface area contributed by atoms with Crippen molar-refractivity contribution < 1.29 is 9.90 Å². The number of carbonyl (C=O) groups is 1. The third-order valence-corrected chi connectivity index (χ3v) is 3.77. The second-order valence-corrected chi connectivity index (χ2v) is 5.76. The van der Waals surface area contributed by atoms with Crippen molar-refractivity contribution in [1.82, 2.24) is 9.47 Å². The number of rotatable bonds is 4. The van der Waals surface area contributed by atoms with E-state index in [0.29, 0.717) is 12.5 Å². The van der Waals surface area contributed by atoms with E-state index in [2.05, 4.69) is 11.8 Å². The summed E-state index contributed by atoms with van der Waals surface area (Å²) in [6.07, 6.45) is 0.811. The maximum Gasteiger partial charge on any atom is 0.341 e. The third-order valence-electron chi connectivity index (χ3n) is 3.77. The van der Waals surface area contributed by atoms with E-state index in [9.17, 15) is 14.7 Å². The molecule has 1 aliphatic heterocycles. The Labute approximate surface area is 118 Å². The minimum atomic E-state index is -1.14. The van der Waals surface area contributed by atoms with Gasteiger partial charge < -0.3 is 9.67 Å². The van der Waals surface area contributed by atoms with Crippen LogP contribution in [0, 0.1) is 5.92 Å². The van der Waals surface area contributed by atoms with Crippen molar-refractivity contribution >= 4 is 5.97 Å². The number of carboxylic acids is 1. The fraction of sp³-hybridized carbons (Fsp3) is 0.600. The molecular formula is C15H22N2O3. The Morgan fingerprint density at radius 2 is 2.15 bits per heavy atom. The van der Waals surface area contributed by atoms with Gasteiger partial charge in [0.2, 0.25) is 0 Å². The first-order chi connectivity index (χ1) is 9.43. The van der Waals surface area contributed by atoms with Crippen molar-refractivity contribution in [2.24, 2.45) is 5.92 Å². The lowest BCUT2D eigenvalue weighted by Crippen LogP contribution is -2.38. The molecule has 0 atom stereocenters. The summed E-state index contributed by atoms with van der Waals surface area (Å²) in [5.74, 6) is -0.825. The minimum Gasteiger partial charge on any atom is -0.477 e. The van der Waals surface area contributed by atoms with Gasteiger partial charge in [0, 0.05) is 31.7 Å². The molecule has 1 aliphatic rings. The van der Waals surface area contributed by atoms with Crippen LogP contribution < -0.4 is 5.56 Å². The number of aromatic carboxylic acids is 1. The number of hydrogen-bond donors (Lipinski definition) is 1. The average molecular weight is 278 g/mol. The van der Waals surface area contributed by atoms with Gasteiger partial charge in [0.15, 0.2) is 0 Å². The van der Waals surface area contributed by atoms with Crippen LogP contribution in [0.3, 0.4) is 0 Å². The Balaban J connectivity index is 2.57. The lowest BCUT2D eigenvalue weighted by atomic mass is 10.0. The molecular weight excluding hydrogens is 256 g/mol. The molecule has 2 rings (SSSR count). The summed E-state index contributed by atoms with van der Waals surface area (Å²) in [6, 6.07) is 1.57. The molecule has 20 heavy (non-hydrogen) atoms. The van der Waals surface area contributed by atoms with Gasteiger partial charge in [0.1, 0.15) is 5.56 Å². The summed E-state index contributed by atoms with van der Waals surface area (Å²) < 4.78 is 1.68. The molecule has 0 aliphatic carbocycles. The zero-order valence-corrected chi connectivity index (χ0v) is 12.3. The van der Waals surface area contributed by atoms with Crippen molar-refractivity contribution in [3.8, 4) is 0 Å². The highest BCUT2D eigenvalue weighted by Crippen LogP contribution is 2.19. The summed E-state index contributed by atoms with van der Waals surface area (Å²) in [7, 11) is 0. The van der Waals surface area contributed by atoms with Gasteiger partial charge in [-0.05, 0) is 24.1 Å². The van der Waals surface area contributed by atoms with Crippen LogP contribution in [-0.4, -0.2) is 33.6 Å². The van der Waals surface area contributed by atoms with E-state index in [-0.39, 0.29) is 11.1 Å². The van der Waals surface area contributed by atoms with E-state index in [1.807, 2.05) is 13.8 Å². The van der Waals surface area contributed by atoms with Crippen molar-refractivity contribution in [3.05, 3.63) is 33.2 Å². The topological polar surface area (TPSA) is 62.5 Å². The first kappa shape index (κ1) is 14.8. The molecule has 1 aromatic heterocycles. The molecule has 5 heteroatoms. The fourth-order valence-electron chi connectivity index (χ4n) is 2.76. The predicted octanol–water partition coefficient (Wildman–Crippen LogP) is 1.58. The van der Waals surface area contributed by atoms with Crippen LogP contribution in [0.2, 0.25) is 0 Å². The van der Waals surface area contributed by atoms with Crippen molar-refractivity contribution in [1.29, 1.82) is 0 Å². The Bertz CT molecular complexity index is 575. The summed E-state index contributed by atoms with van der Waals surface area (Å²) >= 11 is 0. The second kappa shape index (κ2) is 5.79. The lowest BCUT2D eigenvalue weighted by molar-refractivity contribution is 0.0693. The predicted molar refractivity (Wildman–Crippen MR) is 77.2 cm³/mol. The Kier molecular flexibility index (Phi) is 4.28. The standard InChI is InChI=1S/C15H22N2O3/c1-4-16-6-5-13-11(9-16)7-12(15(19)20)14(18)17(13)8-10(2)3/h7,10H,4-6,8-9H2,1-3H3,(H,19,20). The zero-order chi connectivity index (χ0) is 14.9. The molecule has 5 nitrogen and oxygen atoms in total. The van der Waals surface area contributed by atoms with E-state index in [0.717, 1.165) is 37.3 Å². The van der Waals surface area contributed by atoms with Crippen molar-refractivity contribution in [2.75, 3.05) is 13.1 Å². The van der Waals surface area contributed by atoms with Crippen LogP contribution in [0.4, 0.5) is 0 Å². The van der Waals surface area contributed by atoms with E-state index in [1.165, 1.54) is 0 Å². The van der Waals surface area contributed by atoms with Crippen LogP contribution in [0.15, 0.2) is 10.9 Å². The summed E-state index contributed by atoms with van der Waals surface area (Å²) in [6.45, 7) is 9.33. The molecule has 0 bridgehead atoms. The molecule has 2 heterocycles. The van der Waals surface area contributed by atoms with Gasteiger partial charge in [-0.1, -0.05) is 20.8 Å². The highest BCUT2D eigenvalue weighted by molar-refractivity contribution is 5.87. The first-order valence-corrected chi connectivity index (χ1v) is 7.15. The number of hydrogen-bond acceptors (Lipinski definition) is 3. The average Bonchev–Trinajstić information content (AvgIpc) is 2.40. The molecule has 1 aromatic rings. The van der Waals surface area contributed by atoms with Gasteiger partial charge >= 0.3 is 5.97 Å². The van der Waals surface area contributed by atoms with Crippen LogP contribution in [-0.2, 0) is 19.5 Å². The van der Waals surface area contributed by atoms with E-state index >= 15 is 0 Å². The summed E-state index contributed by atoms with van der Waals surface area (Å²) in [5, 5.41) is 9.22. The Hall–Kier alpha value is -1.62. The molecule has 0 unspecified atom stereocenters. The monoisotopic (exact) mass is 278 g/mol. The first-order valence-electron chi connectivity index (χ1n) is 7.15. The molecule has 1 N–H and O–H groups in total. The van der Waals surface area contributed by atoms with Gasteiger partial charge in [-0.15, -0.1) is 0 Å². The number of likely N-dealkylation sites (N-methyl/N-ethyl adjacent to an activating group) is 1. The normalized spacial score (nSPS) is 15.4. The van der Waals surface area contributed by atoms with Crippen molar-refractivity contribution in [2.45, 2.75) is 40.3 Å². The van der Waals surface area contributed by atoms with Crippen LogP contribution in [0.5, 0.6) is 0 Å². The maximum atomic E-state index is 12.3. The minimum absolute atomic E-state index is 0.109. The van der Waals surface area contributed by atoms with Crippen LogP contribution in [0.1, 0.15) is 42.4 Å². The van der Waals surface area contributed by atoms with E-state index < -0.39 is 5.97 Å².